The molecule has 0 aliphatic carbocycles. The molecule has 1 aromatic carbocycles. The highest BCUT2D eigenvalue weighted by Gasteiger charge is 2.43. The van der Waals surface area contributed by atoms with Crippen LogP contribution in [0.2, 0.25) is 0 Å². The van der Waals surface area contributed by atoms with Crippen LogP contribution in [0, 0.1) is 5.92 Å². The molecule has 29 heavy (non-hydrogen) atoms. The van der Waals surface area contributed by atoms with Crippen LogP contribution in [0.25, 0.3) is 0 Å². The fraction of sp³-hybridized carbons (Fsp3) is 0.579. The molecule has 0 aliphatic heterocycles. The SMILES string of the molecule is CC(C)[C@@H](N(N)C(=O)CCc1ccccc1)P(=O)(O)O[C@H](CCCCN)C(=O)O. The Morgan fingerprint density at radius 1 is 1.21 bits per heavy atom. The molecule has 1 aromatic rings. The van der Waals surface area contributed by atoms with Gasteiger partial charge in [-0.2, -0.15) is 0 Å². The molecular weight excluding hydrogens is 397 g/mol. The predicted octanol–water partition coefficient (Wildman–Crippen LogP) is 2.09. The molecule has 1 rings (SSSR count). The number of carbonyl (C=O) groups excluding carboxylic acids is 1. The monoisotopic (exact) mass is 429 g/mol. The average molecular weight is 429 g/mol. The summed E-state index contributed by atoms with van der Waals surface area (Å²) in [6.45, 7) is 3.61. The second-order valence-electron chi connectivity index (χ2n) is 7.23. The van der Waals surface area contributed by atoms with E-state index in [0.29, 0.717) is 30.8 Å². The van der Waals surface area contributed by atoms with E-state index in [1.807, 2.05) is 30.3 Å². The second kappa shape index (κ2) is 12.0. The van der Waals surface area contributed by atoms with Gasteiger partial charge in [0.05, 0.1) is 0 Å². The number of carboxylic acid groups (broad SMARTS) is 1. The molecule has 3 atom stereocenters. The van der Waals surface area contributed by atoms with Crippen molar-refractivity contribution in [2.45, 2.75) is 57.8 Å². The summed E-state index contributed by atoms with van der Waals surface area (Å²) in [5, 5.41) is 10.0. The minimum absolute atomic E-state index is 0.0361. The van der Waals surface area contributed by atoms with Crippen molar-refractivity contribution in [1.82, 2.24) is 5.01 Å². The van der Waals surface area contributed by atoms with E-state index in [4.69, 9.17) is 16.1 Å². The van der Waals surface area contributed by atoms with Crippen LogP contribution in [0.15, 0.2) is 30.3 Å². The molecule has 0 spiro atoms. The van der Waals surface area contributed by atoms with Crippen molar-refractivity contribution in [2.24, 2.45) is 17.5 Å². The number of carboxylic acids is 1. The van der Waals surface area contributed by atoms with Gasteiger partial charge in [0, 0.05) is 6.42 Å². The first-order valence-corrected chi connectivity index (χ1v) is 11.3. The normalized spacial score (nSPS) is 15.5. The van der Waals surface area contributed by atoms with Crippen LogP contribution in [-0.4, -0.2) is 45.3 Å². The largest absolute Gasteiger partial charge is 0.479 e. The van der Waals surface area contributed by atoms with Gasteiger partial charge < -0.3 is 15.7 Å². The Hall–Kier alpha value is -1.77. The molecule has 0 aromatic heterocycles. The van der Waals surface area contributed by atoms with Crippen molar-refractivity contribution >= 4 is 19.5 Å². The second-order valence-corrected chi connectivity index (χ2v) is 9.09. The van der Waals surface area contributed by atoms with Gasteiger partial charge in [-0.05, 0) is 43.7 Å². The van der Waals surface area contributed by atoms with Gasteiger partial charge in [-0.3, -0.25) is 18.9 Å². The molecule has 0 radical (unpaired) electrons. The lowest BCUT2D eigenvalue weighted by molar-refractivity contribution is -0.146. The van der Waals surface area contributed by atoms with Gasteiger partial charge in [-0.1, -0.05) is 44.2 Å². The predicted molar refractivity (Wildman–Crippen MR) is 110 cm³/mol. The maximum atomic E-state index is 12.9. The molecule has 0 fully saturated rings. The van der Waals surface area contributed by atoms with Crippen molar-refractivity contribution in [1.29, 1.82) is 0 Å². The maximum Gasteiger partial charge on any atom is 0.353 e. The number of amides is 1. The first-order valence-electron chi connectivity index (χ1n) is 9.64. The van der Waals surface area contributed by atoms with E-state index in [-0.39, 0.29) is 12.8 Å². The van der Waals surface area contributed by atoms with E-state index >= 15 is 0 Å². The van der Waals surface area contributed by atoms with Crippen LogP contribution >= 0.6 is 7.60 Å². The third-order valence-corrected chi connectivity index (χ3v) is 6.52. The summed E-state index contributed by atoms with van der Waals surface area (Å²) in [5.41, 5.74) is 6.33. The summed E-state index contributed by atoms with van der Waals surface area (Å²) in [6, 6.07) is 9.30. The Bertz CT molecular complexity index is 700. The lowest BCUT2D eigenvalue weighted by Gasteiger charge is -2.34. The zero-order valence-corrected chi connectivity index (χ0v) is 17.8. The average Bonchev–Trinajstić information content (AvgIpc) is 2.65. The Labute approximate surface area is 171 Å². The summed E-state index contributed by atoms with van der Waals surface area (Å²) < 4.78 is 18.0. The number of unbranched alkanes of at least 4 members (excludes halogenated alkanes) is 1. The minimum atomic E-state index is -4.56. The number of hydrogen-bond donors (Lipinski definition) is 4. The number of nitrogens with two attached hydrogens (primary N) is 2. The third kappa shape index (κ3) is 8.24. The van der Waals surface area contributed by atoms with Crippen LogP contribution in [0.5, 0.6) is 0 Å². The number of nitrogens with zero attached hydrogens (tertiary/aromatic N) is 1. The Morgan fingerprint density at radius 3 is 2.34 bits per heavy atom. The minimum Gasteiger partial charge on any atom is -0.479 e. The molecule has 164 valence electrons. The molecule has 0 saturated heterocycles. The molecule has 0 heterocycles. The summed E-state index contributed by atoms with van der Waals surface area (Å²) >= 11 is 0. The van der Waals surface area contributed by atoms with Gasteiger partial charge in [0.25, 0.3) is 0 Å². The van der Waals surface area contributed by atoms with Gasteiger partial charge >= 0.3 is 13.6 Å². The van der Waals surface area contributed by atoms with E-state index in [9.17, 15) is 24.2 Å². The van der Waals surface area contributed by atoms with Crippen LogP contribution in [0.3, 0.4) is 0 Å². The van der Waals surface area contributed by atoms with Gasteiger partial charge in [-0.15, -0.1) is 0 Å². The molecule has 0 saturated carbocycles. The zero-order chi connectivity index (χ0) is 22.0. The van der Waals surface area contributed by atoms with Crippen molar-refractivity contribution in [3.63, 3.8) is 0 Å². The molecule has 6 N–H and O–H groups in total. The Kier molecular flexibility index (Phi) is 10.5. The van der Waals surface area contributed by atoms with Crippen LogP contribution < -0.4 is 11.6 Å². The lowest BCUT2D eigenvalue weighted by Crippen LogP contribution is -2.48. The summed E-state index contributed by atoms with van der Waals surface area (Å²) in [5.74, 6) is 2.13. The third-order valence-electron chi connectivity index (χ3n) is 4.45. The highest BCUT2D eigenvalue weighted by atomic mass is 31.2. The van der Waals surface area contributed by atoms with Crippen molar-refractivity contribution in [2.75, 3.05) is 6.54 Å². The zero-order valence-electron chi connectivity index (χ0n) is 16.9. The van der Waals surface area contributed by atoms with E-state index in [0.717, 1.165) is 5.56 Å². The highest BCUT2D eigenvalue weighted by Crippen LogP contribution is 2.52. The summed E-state index contributed by atoms with van der Waals surface area (Å²) in [4.78, 5) is 34.4. The van der Waals surface area contributed by atoms with Gasteiger partial charge in [0.2, 0.25) is 5.91 Å². The number of carbonyl (C=O) groups is 2. The summed E-state index contributed by atoms with van der Waals surface area (Å²) in [7, 11) is -4.56. The number of hydrazine groups is 1. The van der Waals surface area contributed by atoms with Crippen molar-refractivity contribution in [3.8, 4) is 0 Å². The standard InChI is InChI=1S/C19H32N3O6P/c1-14(2)18(22(21)17(23)12-11-15-8-4-3-5-9-15)29(26,27)28-16(19(24)25)10-6-7-13-20/h3-5,8-9,14,16,18H,6-7,10-13,20-21H2,1-2H3,(H,24,25)(H,26,27)/t16-,18+/m1/s1. The van der Waals surface area contributed by atoms with Gasteiger partial charge in [0.1, 0.15) is 0 Å². The first kappa shape index (κ1) is 25.3. The quantitative estimate of drug-likeness (QED) is 0.122. The van der Waals surface area contributed by atoms with Crippen molar-refractivity contribution < 1.29 is 28.7 Å². The van der Waals surface area contributed by atoms with Crippen LogP contribution in [-0.2, 0) is 25.1 Å². The first-order chi connectivity index (χ1) is 13.6. The molecule has 10 heteroatoms. The van der Waals surface area contributed by atoms with E-state index in [2.05, 4.69) is 0 Å². The maximum absolute atomic E-state index is 12.9. The number of aliphatic carboxylic acids is 1. The molecule has 1 unspecified atom stereocenters. The van der Waals surface area contributed by atoms with E-state index < -0.39 is 37.3 Å². The van der Waals surface area contributed by atoms with Crippen molar-refractivity contribution in [3.05, 3.63) is 35.9 Å². The fourth-order valence-electron chi connectivity index (χ4n) is 2.97. The Morgan fingerprint density at radius 2 is 1.83 bits per heavy atom. The van der Waals surface area contributed by atoms with Gasteiger partial charge in [0.15, 0.2) is 11.9 Å². The molecule has 0 bridgehead atoms. The topological polar surface area (TPSA) is 156 Å². The number of aryl methyl sites for hydroxylation is 1. The van der Waals surface area contributed by atoms with Gasteiger partial charge in [-0.25, -0.2) is 10.6 Å². The summed E-state index contributed by atoms with van der Waals surface area (Å²) in [6.07, 6.45) is 0.0221. The van der Waals surface area contributed by atoms with Crippen LogP contribution in [0.4, 0.5) is 0 Å². The molecule has 9 nitrogen and oxygen atoms in total. The number of benzene rings is 1. The highest BCUT2D eigenvalue weighted by molar-refractivity contribution is 7.53. The van der Waals surface area contributed by atoms with E-state index in [1.165, 1.54) is 0 Å². The number of hydrogen-bond acceptors (Lipinski definition) is 6. The molecule has 1 amide bonds. The Balaban J connectivity index is 2.86. The fourth-order valence-corrected chi connectivity index (χ4v) is 4.85. The number of rotatable bonds is 13. The lowest BCUT2D eigenvalue weighted by atomic mass is 10.1. The van der Waals surface area contributed by atoms with Crippen LogP contribution in [0.1, 0.15) is 45.1 Å². The smallest absolute Gasteiger partial charge is 0.353 e. The molecular formula is C19H32N3O6P. The van der Waals surface area contributed by atoms with E-state index in [1.54, 1.807) is 13.8 Å². The molecule has 0 aliphatic rings.